The number of hydrogen-bond acceptors (Lipinski definition) is 2. The van der Waals surface area contributed by atoms with Crippen LogP contribution in [-0.4, -0.2) is 23.3 Å². The number of nitrogens with zero attached hydrogens (tertiary/aromatic N) is 1. The molecular formula is C23H21F8NO2. The van der Waals surface area contributed by atoms with Crippen LogP contribution < -0.4 is 0 Å². The first-order valence-corrected chi connectivity index (χ1v) is 10.4. The molecule has 2 aromatic carbocycles. The minimum Gasteiger partial charge on any atom is -0.274 e. The monoisotopic (exact) mass is 495 g/mol. The van der Waals surface area contributed by atoms with Crippen LogP contribution in [-0.2, 0) is 12.4 Å². The molecule has 0 atom stereocenters. The van der Waals surface area contributed by atoms with Gasteiger partial charge in [0, 0.05) is 12.1 Å². The van der Waals surface area contributed by atoms with Crippen molar-refractivity contribution in [3.63, 3.8) is 0 Å². The maximum Gasteiger partial charge on any atom is 0.417 e. The second-order valence-corrected chi connectivity index (χ2v) is 7.59. The summed E-state index contributed by atoms with van der Waals surface area (Å²) in [6.45, 7) is 1.47. The highest BCUT2D eigenvalue weighted by Crippen LogP contribution is 2.34. The Balaban J connectivity index is 2.51. The molecule has 186 valence electrons. The van der Waals surface area contributed by atoms with Crippen molar-refractivity contribution >= 4 is 11.8 Å². The Labute approximate surface area is 190 Å². The van der Waals surface area contributed by atoms with Crippen LogP contribution in [0.1, 0.15) is 70.9 Å². The molecule has 0 unspecified atom stereocenters. The maximum absolute atomic E-state index is 13.8. The lowest BCUT2D eigenvalue weighted by Crippen LogP contribution is -2.39. The first-order chi connectivity index (χ1) is 15.8. The molecule has 0 aliphatic rings. The molecule has 0 radical (unpaired) electrons. The highest BCUT2D eigenvalue weighted by atomic mass is 19.4. The number of halogens is 8. The summed E-state index contributed by atoms with van der Waals surface area (Å²) in [5, 5.41) is 0. The average Bonchev–Trinajstić information content (AvgIpc) is 2.73. The van der Waals surface area contributed by atoms with E-state index in [1.807, 2.05) is 6.92 Å². The molecule has 2 rings (SSSR count). The minimum atomic E-state index is -5.07. The van der Waals surface area contributed by atoms with Crippen LogP contribution >= 0.6 is 0 Å². The molecule has 3 nitrogen and oxygen atoms in total. The van der Waals surface area contributed by atoms with Gasteiger partial charge in [0.25, 0.3) is 11.8 Å². The number of unbranched alkanes of at least 4 members (excludes halogenated alkanes) is 4. The summed E-state index contributed by atoms with van der Waals surface area (Å²) in [6, 6.07) is 2.01. The third-order valence-corrected chi connectivity index (χ3v) is 4.97. The van der Waals surface area contributed by atoms with Crippen LogP contribution in [0.3, 0.4) is 0 Å². The van der Waals surface area contributed by atoms with Crippen molar-refractivity contribution in [2.24, 2.45) is 0 Å². The SMILES string of the molecule is CCCCCCCN(C(=O)c1cc(F)cc(C(F)(F)F)c1)C(=O)c1cc(F)ccc1C(F)(F)F. The first kappa shape index (κ1) is 27.3. The fourth-order valence-electron chi connectivity index (χ4n) is 3.29. The van der Waals surface area contributed by atoms with Gasteiger partial charge in [0.1, 0.15) is 11.6 Å². The third kappa shape index (κ3) is 7.01. The summed E-state index contributed by atoms with van der Waals surface area (Å²) in [7, 11) is 0. The van der Waals surface area contributed by atoms with Crippen molar-refractivity contribution in [3.05, 3.63) is 70.3 Å². The van der Waals surface area contributed by atoms with Crippen molar-refractivity contribution in [1.82, 2.24) is 4.90 Å². The van der Waals surface area contributed by atoms with Gasteiger partial charge in [-0.15, -0.1) is 0 Å². The van der Waals surface area contributed by atoms with Gasteiger partial charge in [-0.2, -0.15) is 26.3 Å². The number of amides is 2. The number of hydrogen-bond donors (Lipinski definition) is 0. The largest absolute Gasteiger partial charge is 0.417 e. The van der Waals surface area contributed by atoms with Crippen molar-refractivity contribution in [1.29, 1.82) is 0 Å². The topological polar surface area (TPSA) is 37.4 Å². The molecule has 0 spiro atoms. The third-order valence-electron chi connectivity index (χ3n) is 4.97. The van der Waals surface area contributed by atoms with E-state index in [9.17, 15) is 44.7 Å². The van der Waals surface area contributed by atoms with E-state index in [0.29, 0.717) is 48.1 Å². The van der Waals surface area contributed by atoms with Gasteiger partial charge in [-0.3, -0.25) is 14.5 Å². The minimum absolute atomic E-state index is 0.135. The smallest absolute Gasteiger partial charge is 0.274 e. The Morgan fingerprint density at radius 3 is 2.00 bits per heavy atom. The zero-order valence-corrected chi connectivity index (χ0v) is 18.0. The normalized spacial score (nSPS) is 12.0. The fraction of sp³-hybridized carbons (Fsp3) is 0.391. The van der Waals surface area contributed by atoms with Crippen LogP contribution in [0.4, 0.5) is 35.1 Å². The lowest BCUT2D eigenvalue weighted by atomic mass is 10.0. The summed E-state index contributed by atoms with van der Waals surface area (Å²) >= 11 is 0. The lowest BCUT2D eigenvalue weighted by Gasteiger charge is -2.23. The van der Waals surface area contributed by atoms with Crippen molar-refractivity contribution in [3.8, 4) is 0 Å². The van der Waals surface area contributed by atoms with Crippen LogP contribution in [0.2, 0.25) is 0 Å². The Hall–Kier alpha value is -2.98. The molecule has 0 N–H and O–H groups in total. The van der Waals surface area contributed by atoms with E-state index in [0.717, 1.165) is 12.8 Å². The average molecular weight is 495 g/mol. The molecule has 0 saturated heterocycles. The standard InChI is InChI=1S/C23H21F8NO2/c1-2-3-4-5-6-9-32(20(33)14-10-15(22(26,27)28)12-17(25)11-14)21(34)18-13-16(24)7-8-19(18)23(29,30)31/h7-8,10-13H,2-6,9H2,1H3. The number of alkyl halides is 6. The predicted molar refractivity (Wildman–Crippen MR) is 107 cm³/mol. The Kier molecular flexibility index (Phi) is 8.79. The van der Waals surface area contributed by atoms with Crippen LogP contribution in [0.25, 0.3) is 0 Å². The highest BCUT2D eigenvalue weighted by molar-refractivity contribution is 6.11. The molecule has 0 aromatic heterocycles. The van der Waals surface area contributed by atoms with Gasteiger partial charge in [0.05, 0.1) is 16.7 Å². The maximum atomic E-state index is 13.8. The zero-order valence-electron chi connectivity index (χ0n) is 18.0. The molecule has 0 heterocycles. The van der Waals surface area contributed by atoms with Gasteiger partial charge < -0.3 is 0 Å². The number of rotatable bonds is 8. The quantitative estimate of drug-likeness (QED) is 0.220. The van der Waals surface area contributed by atoms with E-state index in [-0.39, 0.29) is 12.5 Å². The van der Waals surface area contributed by atoms with E-state index >= 15 is 0 Å². The molecule has 2 aromatic rings. The predicted octanol–water partition coefficient (Wildman–Crippen LogP) is 7.26. The molecule has 0 aliphatic heterocycles. The Bertz CT molecular complexity index is 1030. The molecule has 0 fully saturated rings. The summed E-state index contributed by atoms with van der Waals surface area (Å²) < 4.78 is 107. The molecular weight excluding hydrogens is 474 g/mol. The van der Waals surface area contributed by atoms with Gasteiger partial charge in [-0.05, 0) is 42.8 Å². The fourth-order valence-corrected chi connectivity index (χ4v) is 3.29. The number of benzene rings is 2. The van der Waals surface area contributed by atoms with Gasteiger partial charge in [-0.25, -0.2) is 8.78 Å². The number of imide groups is 1. The summed E-state index contributed by atoms with van der Waals surface area (Å²) in [6.07, 6.45) is -7.15. The van der Waals surface area contributed by atoms with Crippen LogP contribution in [0.15, 0.2) is 36.4 Å². The molecule has 0 saturated carbocycles. The van der Waals surface area contributed by atoms with Gasteiger partial charge in [0.2, 0.25) is 0 Å². The Morgan fingerprint density at radius 2 is 1.41 bits per heavy atom. The van der Waals surface area contributed by atoms with Gasteiger partial charge in [0.15, 0.2) is 0 Å². The van der Waals surface area contributed by atoms with Crippen LogP contribution in [0.5, 0.6) is 0 Å². The van der Waals surface area contributed by atoms with Crippen LogP contribution in [0, 0.1) is 11.6 Å². The van der Waals surface area contributed by atoms with Crippen molar-refractivity contribution in [2.45, 2.75) is 51.4 Å². The second kappa shape index (κ2) is 11.0. The van der Waals surface area contributed by atoms with Gasteiger partial charge >= 0.3 is 12.4 Å². The van der Waals surface area contributed by atoms with E-state index < -0.39 is 64.6 Å². The second-order valence-electron chi connectivity index (χ2n) is 7.59. The zero-order chi connectivity index (χ0) is 25.7. The van der Waals surface area contributed by atoms with Crippen molar-refractivity contribution < 1.29 is 44.7 Å². The van der Waals surface area contributed by atoms with E-state index in [2.05, 4.69) is 0 Å². The van der Waals surface area contributed by atoms with E-state index in [4.69, 9.17) is 0 Å². The summed E-state index contributed by atoms with van der Waals surface area (Å²) in [4.78, 5) is 26.2. The number of carbonyl (C=O) groups excluding carboxylic acids is 2. The molecule has 11 heteroatoms. The van der Waals surface area contributed by atoms with E-state index in [1.54, 1.807) is 0 Å². The summed E-state index contributed by atoms with van der Waals surface area (Å²) in [5.74, 6) is -5.58. The molecule has 34 heavy (non-hydrogen) atoms. The highest BCUT2D eigenvalue weighted by Gasteiger charge is 2.38. The summed E-state index contributed by atoms with van der Waals surface area (Å²) in [5.41, 5.74) is -5.08. The molecule has 0 bridgehead atoms. The van der Waals surface area contributed by atoms with Crippen molar-refractivity contribution in [2.75, 3.05) is 6.54 Å². The number of carbonyl (C=O) groups is 2. The van der Waals surface area contributed by atoms with Gasteiger partial charge in [-0.1, -0.05) is 32.6 Å². The molecule has 2 amide bonds. The Morgan fingerprint density at radius 1 is 0.765 bits per heavy atom. The lowest BCUT2D eigenvalue weighted by molar-refractivity contribution is -0.138. The molecule has 0 aliphatic carbocycles. The van der Waals surface area contributed by atoms with E-state index in [1.165, 1.54) is 0 Å². The first-order valence-electron chi connectivity index (χ1n) is 10.4.